The molecule has 2 aromatic carbocycles. The van der Waals surface area contributed by atoms with Crippen molar-refractivity contribution < 1.29 is 22.7 Å². The Hall–Kier alpha value is -2.76. The van der Waals surface area contributed by atoms with Crippen LogP contribution in [0.1, 0.15) is 18.5 Å². The molecule has 4 rings (SSSR count). The third-order valence-electron chi connectivity index (χ3n) is 4.75. The molecule has 0 aliphatic carbocycles. The number of imidazole rings is 1. The van der Waals surface area contributed by atoms with Gasteiger partial charge in [0.2, 0.25) is 22.7 Å². The fraction of sp³-hybridized carbons (Fsp3) is 0.263. The third kappa shape index (κ3) is 4.09. The Bertz CT molecular complexity index is 1240. The van der Waals surface area contributed by atoms with Gasteiger partial charge in [-0.3, -0.25) is 4.79 Å². The van der Waals surface area contributed by atoms with Crippen molar-refractivity contribution in [3.63, 3.8) is 0 Å². The monoisotopic (exact) mass is 448 g/mol. The van der Waals surface area contributed by atoms with Gasteiger partial charge < -0.3 is 19.4 Å². The lowest BCUT2D eigenvalue weighted by Gasteiger charge is -2.14. The molecule has 1 aliphatic heterocycles. The Morgan fingerprint density at radius 2 is 2.03 bits per heavy atom. The van der Waals surface area contributed by atoms with Crippen molar-refractivity contribution in [1.82, 2.24) is 14.9 Å². The molecule has 0 fully saturated rings. The molecule has 0 saturated carbocycles. The minimum Gasteiger partial charge on any atom is -0.454 e. The lowest BCUT2D eigenvalue weighted by atomic mass is 10.1. The quantitative estimate of drug-likeness (QED) is 0.552. The van der Waals surface area contributed by atoms with E-state index in [0.29, 0.717) is 22.2 Å². The van der Waals surface area contributed by atoms with Gasteiger partial charge in [0.1, 0.15) is 0 Å². The van der Waals surface area contributed by atoms with Crippen molar-refractivity contribution >= 4 is 38.7 Å². The van der Waals surface area contributed by atoms with Crippen LogP contribution in [-0.2, 0) is 21.9 Å². The van der Waals surface area contributed by atoms with E-state index in [1.54, 1.807) is 13.1 Å². The van der Waals surface area contributed by atoms with E-state index in [0.717, 1.165) is 11.1 Å². The Kier molecular flexibility index (Phi) is 5.35. The van der Waals surface area contributed by atoms with Crippen molar-refractivity contribution in [2.75, 3.05) is 12.5 Å². The number of nitrogens with one attached hydrogen (secondary N) is 1. The number of ether oxygens (including phenoxy) is 2. The second-order valence-electron chi connectivity index (χ2n) is 6.84. The molecule has 30 heavy (non-hydrogen) atoms. The molecule has 3 aromatic rings. The van der Waals surface area contributed by atoms with E-state index in [2.05, 4.69) is 10.3 Å². The Balaban J connectivity index is 1.42. The van der Waals surface area contributed by atoms with Gasteiger partial charge in [0.15, 0.2) is 16.7 Å². The molecule has 2 heterocycles. The number of nitrogens with zero attached hydrogens (tertiary/aromatic N) is 2. The summed E-state index contributed by atoms with van der Waals surface area (Å²) < 4.78 is 35.6. The highest BCUT2D eigenvalue weighted by atomic mass is 32.2. The summed E-state index contributed by atoms with van der Waals surface area (Å²) in [6.07, 6.45) is 0. The molecule has 1 amide bonds. The number of primary sulfonamides is 1. The summed E-state index contributed by atoms with van der Waals surface area (Å²) in [5.41, 5.74) is 2.16. The lowest BCUT2D eigenvalue weighted by Crippen LogP contribution is -2.28. The summed E-state index contributed by atoms with van der Waals surface area (Å²) >= 11 is 1.27. The predicted molar refractivity (Wildman–Crippen MR) is 112 cm³/mol. The molecule has 0 radical (unpaired) electrons. The number of thioether (sulfide) groups is 1. The maximum Gasteiger partial charge on any atom is 0.238 e. The highest BCUT2D eigenvalue weighted by molar-refractivity contribution is 7.99. The number of carbonyl (C=O) groups is 1. The van der Waals surface area contributed by atoms with Crippen LogP contribution in [0.15, 0.2) is 46.5 Å². The number of carbonyl (C=O) groups excluding carboxylic acids is 1. The van der Waals surface area contributed by atoms with Gasteiger partial charge in [0, 0.05) is 7.05 Å². The molecular weight excluding hydrogens is 428 g/mol. The normalized spacial score (nSPS) is 14.1. The first-order valence-corrected chi connectivity index (χ1v) is 11.6. The van der Waals surface area contributed by atoms with Crippen LogP contribution in [0.5, 0.6) is 11.5 Å². The first-order valence-electron chi connectivity index (χ1n) is 9.03. The van der Waals surface area contributed by atoms with Crippen molar-refractivity contribution in [2.45, 2.75) is 23.0 Å². The van der Waals surface area contributed by atoms with Gasteiger partial charge in [0.25, 0.3) is 0 Å². The largest absolute Gasteiger partial charge is 0.454 e. The molecule has 1 aliphatic rings. The zero-order valence-electron chi connectivity index (χ0n) is 16.3. The van der Waals surface area contributed by atoms with Crippen LogP contribution < -0.4 is 19.9 Å². The molecule has 1 atom stereocenters. The number of nitrogens with two attached hydrogens (primary N) is 1. The van der Waals surface area contributed by atoms with Crippen LogP contribution in [0.2, 0.25) is 0 Å². The number of sulfonamides is 1. The van der Waals surface area contributed by atoms with Gasteiger partial charge in [-0.05, 0) is 42.8 Å². The van der Waals surface area contributed by atoms with Gasteiger partial charge in [-0.1, -0.05) is 17.8 Å². The first kappa shape index (κ1) is 20.5. The van der Waals surface area contributed by atoms with Crippen molar-refractivity contribution in [3.8, 4) is 11.5 Å². The third-order valence-corrected chi connectivity index (χ3v) is 6.69. The maximum atomic E-state index is 12.4. The first-order chi connectivity index (χ1) is 14.2. The van der Waals surface area contributed by atoms with Crippen LogP contribution in [0, 0.1) is 0 Å². The van der Waals surface area contributed by atoms with Gasteiger partial charge in [-0.25, -0.2) is 18.5 Å². The minimum atomic E-state index is -3.80. The van der Waals surface area contributed by atoms with Crippen LogP contribution in [0.4, 0.5) is 0 Å². The maximum absolute atomic E-state index is 12.4. The van der Waals surface area contributed by atoms with Gasteiger partial charge in [-0.15, -0.1) is 0 Å². The summed E-state index contributed by atoms with van der Waals surface area (Å²) in [4.78, 5) is 16.9. The molecule has 9 nitrogen and oxygen atoms in total. The van der Waals surface area contributed by atoms with E-state index in [4.69, 9.17) is 14.6 Å². The van der Waals surface area contributed by atoms with Crippen molar-refractivity contribution in [3.05, 3.63) is 42.0 Å². The number of amides is 1. The molecule has 0 saturated heterocycles. The number of aryl methyl sites for hydroxylation is 1. The second kappa shape index (κ2) is 7.82. The molecule has 0 bridgehead atoms. The summed E-state index contributed by atoms with van der Waals surface area (Å²) in [6.45, 7) is 2.09. The topological polar surface area (TPSA) is 126 Å². The zero-order chi connectivity index (χ0) is 21.5. The molecule has 11 heteroatoms. The average molecular weight is 449 g/mol. The summed E-state index contributed by atoms with van der Waals surface area (Å²) in [6, 6.07) is 9.88. The number of hydrogen-bond acceptors (Lipinski definition) is 7. The average Bonchev–Trinajstić information content (AvgIpc) is 3.29. The smallest absolute Gasteiger partial charge is 0.238 e. The van der Waals surface area contributed by atoms with Gasteiger partial charge in [0.05, 0.1) is 27.7 Å². The Labute approximate surface area is 177 Å². The van der Waals surface area contributed by atoms with Gasteiger partial charge >= 0.3 is 0 Å². The van der Waals surface area contributed by atoms with E-state index >= 15 is 0 Å². The fourth-order valence-electron chi connectivity index (χ4n) is 3.14. The van der Waals surface area contributed by atoms with Crippen LogP contribution >= 0.6 is 11.8 Å². The molecule has 0 unspecified atom stereocenters. The highest BCUT2D eigenvalue weighted by Gasteiger charge is 2.18. The molecule has 3 N–H and O–H groups in total. The number of benzene rings is 2. The predicted octanol–water partition coefficient (Wildman–Crippen LogP) is 1.92. The van der Waals surface area contributed by atoms with E-state index in [-0.39, 0.29) is 29.4 Å². The van der Waals surface area contributed by atoms with Crippen LogP contribution in [-0.4, -0.2) is 36.4 Å². The van der Waals surface area contributed by atoms with Crippen LogP contribution in [0.3, 0.4) is 0 Å². The SMILES string of the molecule is C[C@@H](NC(=O)CSc1nc2cc(S(N)(=O)=O)ccc2n1C)c1ccc2c(c1)OCO2. The summed E-state index contributed by atoms with van der Waals surface area (Å²) in [5, 5.41) is 8.73. The zero-order valence-corrected chi connectivity index (χ0v) is 17.9. The van der Waals surface area contributed by atoms with E-state index < -0.39 is 10.0 Å². The summed E-state index contributed by atoms with van der Waals surface area (Å²) in [7, 11) is -2.00. The molecule has 0 spiro atoms. The summed E-state index contributed by atoms with van der Waals surface area (Å²) in [5.74, 6) is 1.37. The van der Waals surface area contributed by atoms with Crippen molar-refractivity contribution in [2.24, 2.45) is 12.2 Å². The van der Waals surface area contributed by atoms with Crippen LogP contribution in [0.25, 0.3) is 11.0 Å². The second-order valence-corrected chi connectivity index (χ2v) is 9.34. The number of aromatic nitrogens is 2. The van der Waals surface area contributed by atoms with Gasteiger partial charge in [-0.2, -0.15) is 0 Å². The molecule has 1 aromatic heterocycles. The Morgan fingerprint density at radius 1 is 1.27 bits per heavy atom. The minimum absolute atomic E-state index is 0.0000520. The number of fused-ring (bicyclic) bond motifs is 2. The standard InChI is InChI=1S/C19H20N4O5S2/c1-11(12-3-6-16-17(7-12)28-10-27-16)21-18(24)9-29-19-22-14-8-13(30(20,25)26)4-5-15(14)23(19)2/h3-8,11H,9-10H2,1-2H3,(H,21,24)(H2,20,25,26)/t11-/m1/s1. The fourth-order valence-corrected chi connectivity index (χ4v) is 4.47. The van der Waals surface area contributed by atoms with Crippen molar-refractivity contribution in [1.29, 1.82) is 0 Å². The Morgan fingerprint density at radius 3 is 2.80 bits per heavy atom. The number of hydrogen-bond donors (Lipinski definition) is 2. The highest BCUT2D eigenvalue weighted by Crippen LogP contribution is 2.34. The van der Waals surface area contributed by atoms with E-state index in [9.17, 15) is 13.2 Å². The number of rotatable bonds is 6. The van der Waals surface area contributed by atoms with E-state index in [1.165, 1.54) is 23.9 Å². The molecular formula is C19H20N4O5S2. The lowest BCUT2D eigenvalue weighted by molar-refractivity contribution is -0.119. The molecule has 158 valence electrons. The van der Waals surface area contributed by atoms with E-state index in [1.807, 2.05) is 29.7 Å².